The average molecular weight is 542 g/mol. The van der Waals surface area contributed by atoms with Gasteiger partial charge in [-0.15, -0.1) is 0 Å². The second kappa shape index (κ2) is 12.3. The van der Waals surface area contributed by atoms with Gasteiger partial charge in [-0.05, 0) is 59.9 Å². The van der Waals surface area contributed by atoms with Crippen LogP contribution < -0.4 is 20.5 Å². The number of halogens is 1. The lowest BCUT2D eigenvalue weighted by Gasteiger charge is -2.17. The third-order valence-electron chi connectivity index (χ3n) is 6.06. The number of methoxy groups -OCH3 is 1. The summed E-state index contributed by atoms with van der Waals surface area (Å²) in [6.45, 7) is 6.42. The van der Waals surface area contributed by atoms with Gasteiger partial charge in [0.25, 0.3) is 5.56 Å². The van der Waals surface area contributed by atoms with Crippen molar-refractivity contribution in [2.45, 2.75) is 33.3 Å². The Labute approximate surface area is 231 Å². The molecule has 39 heavy (non-hydrogen) atoms. The van der Waals surface area contributed by atoms with E-state index in [1.807, 2.05) is 61.5 Å². The molecule has 0 aliphatic rings. The summed E-state index contributed by atoms with van der Waals surface area (Å²) >= 11 is 6.34. The summed E-state index contributed by atoms with van der Waals surface area (Å²) in [5.74, 6) is 1.82. The molecule has 0 saturated heterocycles. The van der Waals surface area contributed by atoms with Gasteiger partial charge >= 0.3 is 0 Å². The van der Waals surface area contributed by atoms with Crippen LogP contribution in [0.4, 0.5) is 5.95 Å². The molecule has 0 spiro atoms. The number of hydrazone groups is 1. The Hall–Kier alpha value is -4.61. The predicted molar refractivity (Wildman–Crippen MR) is 154 cm³/mol. The van der Waals surface area contributed by atoms with Gasteiger partial charge in [-0.3, -0.25) is 9.78 Å². The third kappa shape index (κ3) is 6.46. The van der Waals surface area contributed by atoms with Crippen molar-refractivity contribution < 1.29 is 9.47 Å². The van der Waals surface area contributed by atoms with Gasteiger partial charge in [-0.2, -0.15) is 10.4 Å². The molecule has 0 fully saturated rings. The number of H-pyrrole nitrogens is 1. The number of aryl methyl sites for hydroxylation is 1. The largest absolute Gasteiger partial charge is 0.496 e. The molecule has 0 amide bonds. The molecule has 3 aromatic carbocycles. The minimum atomic E-state index is -0.550. The number of benzene rings is 3. The number of aromatic amines is 1. The van der Waals surface area contributed by atoms with Gasteiger partial charge in [0, 0.05) is 16.1 Å². The van der Waals surface area contributed by atoms with Gasteiger partial charge in [0.2, 0.25) is 5.95 Å². The maximum absolute atomic E-state index is 12.5. The summed E-state index contributed by atoms with van der Waals surface area (Å²) in [5, 5.41) is 14.4. The smallest absolute Gasteiger partial charge is 0.270 e. The molecular formula is C30H28ClN5O3. The Kier molecular flexibility index (Phi) is 8.64. The van der Waals surface area contributed by atoms with Crippen molar-refractivity contribution in [2.75, 3.05) is 12.5 Å². The SMILES string of the molecule is COc1ccc(C=NNc2nc(-c3ccccc3)c(C#N)c(=O)[nH]2)cc1COc1cc(C)c(Cl)cc1C(C)C. The van der Waals surface area contributed by atoms with E-state index in [0.29, 0.717) is 16.3 Å². The van der Waals surface area contributed by atoms with E-state index < -0.39 is 5.56 Å². The first-order valence-electron chi connectivity index (χ1n) is 12.3. The second-order valence-corrected chi connectivity index (χ2v) is 9.55. The van der Waals surface area contributed by atoms with Crippen molar-refractivity contribution in [3.8, 4) is 28.8 Å². The highest BCUT2D eigenvalue weighted by atomic mass is 35.5. The standard InChI is InChI=1S/C30H28ClN5O3/c1-18(2)23-14-25(31)19(3)12-27(23)39-17-22-13-20(10-11-26(22)38-4)16-33-36-30-34-28(21-8-6-5-7-9-21)24(15-32)29(37)35-30/h5-14,16,18H,17H2,1-4H3,(H2,34,35,36,37). The fourth-order valence-electron chi connectivity index (χ4n) is 4.00. The van der Waals surface area contributed by atoms with Crippen LogP contribution in [0.2, 0.25) is 5.02 Å². The average Bonchev–Trinajstić information content (AvgIpc) is 2.93. The van der Waals surface area contributed by atoms with E-state index in [1.54, 1.807) is 25.5 Å². The number of nitriles is 1. The number of nitrogens with one attached hydrogen (secondary N) is 2. The third-order valence-corrected chi connectivity index (χ3v) is 6.47. The molecule has 8 nitrogen and oxygen atoms in total. The van der Waals surface area contributed by atoms with E-state index in [1.165, 1.54) is 0 Å². The van der Waals surface area contributed by atoms with Gasteiger partial charge in [-0.1, -0.05) is 55.8 Å². The Morgan fingerprint density at radius 2 is 1.92 bits per heavy atom. The second-order valence-electron chi connectivity index (χ2n) is 9.14. The van der Waals surface area contributed by atoms with Gasteiger partial charge in [-0.25, -0.2) is 10.4 Å². The number of anilines is 1. The first-order valence-corrected chi connectivity index (χ1v) is 12.7. The van der Waals surface area contributed by atoms with Crippen LogP contribution in [-0.2, 0) is 6.61 Å². The first-order chi connectivity index (χ1) is 18.8. The Morgan fingerprint density at radius 3 is 2.62 bits per heavy atom. The summed E-state index contributed by atoms with van der Waals surface area (Å²) in [6.07, 6.45) is 1.59. The molecule has 4 aromatic rings. The van der Waals surface area contributed by atoms with Gasteiger partial charge < -0.3 is 9.47 Å². The van der Waals surface area contributed by atoms with Crippen LogP contribution in [-0.4, -0.2) is 23.3 Å². The number of hydrogen-bond donors (Lipinski definition) is 2. The number of aromatic nitrogens is 2. The summed E-state index contributed by atoms with van der Waals surface area (Å²) < 4.78 is 11.7. The van der Waals surface area contributed by atoms with Gasteiger partial charge in [0.15, 0.2) is 0 Å². The topological polar surface area (TPSA) is 112 Å². The van der Waals surface area contributed by atoms with E-state index in [4.69, 9.17) is 21.1 Å². The highest BCUT2D eigenvalue weighted by Crippen LogP contribution is 2.33. The molecule has 1 aromatic heterocycles. The van der Waals surface area contributed by atoms with Crippen LogP contribution in [0.15, 0.2) is 70.6 Å². The fraction of sp³-hybridized carbons (Fsp3) is 0.200. The summed E-state index contributed by atoms with van der Waals surface area (Å²) in [7, 11) is 1.61. The van der Waals surface area contributed by atoms with Crippen molar-refractivity contribution in [3.05, 3.63) is 104 Å². The molecule has 4 rings (SSSR count). The van der Waals surface area contributed by atoms with Crippen LogP contribution in [0.5, 0.6) is 11.5 Å². The Balaban J connectivity index is 1.55. The highest BCUT2D eigenvalue weighted by Gasteiger charge is 2.14. The molecule has 0 aliphatic carbocycles. The van der Waals surface area contributed by atoms with Crippen LogP contribution in [0.3, 0.4) is 0 Å². The molecule has 0 unspecified atom stereocenters. The monoisotopic (exact) mass is 541 g/mol. The lowest BCUT2D eigenvalue weighted by atomic mass is 10.0. The number of hydrogen-bond acceptors (Lipinski definition) is 7. The number of nitrogens with zero attached hydrogens (tertiary/aromatic N) is 3. The maximum Gasteiger partial charge on any atom is 0.270 e. The van der Waals surface area contributed by atoms with E-state index in [-0.39, 0.29) is 29.7 Å². The van der Waals surface area contributed by atoms with Crippen molar-refractivity contribution in [1.82, 2.24) is 9.97 Å². The number of rotatable bonds is 9. The van der Waals surface area contributed by atoms with Crippen LogP contribution >= 0.6 is 11.6 Å². The molecule has 0 atom stereocenters. The van der Waals surface area contributed by atoms with E-state index in [2.05, 4.69) is 34.3 Å². The highest BCUT2D eigenvalue weighted by molar-refractivity contribution is 6.31. The van der Waals surface area contributed by atoms with Crippen LogP contribution in [0.1, 0.15) is 47.6 Å². The van der Waals surface area contributed by atoms with E-state index in [0.717, 1.165) is 28.0 Å². The zero-order valence-electron chi connectivity index (χ0n) is 22.1. The van der Waals surface area contributed by atoms with Gasteiger partial charge in [0.05, 0.1) is 19.0 Å². The minimum absolute atomic E-state index is 0.0629. The normalized spacial score (nSPS) is 11.0. The molecule has 0 radical (unpaired) electrons. The zero-order chi connectivity index (χ0) is 27.9. The van der Waals surface area contributed by atoms with Crippen LogP contribution in [0.25, 0.3) is 11.3 Å². The minimum Gasteiger partial charge on any atom is -0.496 e. The van der Waals surface area contributed by atoms with Crippen molar-refractivity contribution in [1.29, 1.82) is 5.26 Å². The predicted octanol–water partition coefficient (Wildman–Crippen LogP) is 6.43. The van der Waals surface area contributed by atoms with Crippen molar-refractivity contribution >= 4 is 23.8 Å². The summed E-state index contributed by atoms with van der Waals surface area (Å²) in [5.41, 5.74) is 6.66. The number of ether oxygens (including phenoxy) is 2. The van der Waals surface area contributed by atoms with Crippen molar-refractivity contribution in [3.63, 3.8) is 0 Å². The zero-order valence-corrected chi connectivity index (χ0v) is 22.8. The first kappa shape index (κ1) is 27.4. The van der Waals surface area contributed by atoms with E-state index in [9.17, 15) is 10.1 Å². The van der Waals surface area contributed by atoms with Crippen LogP contribution in [0, 0.1) is 18.3 Å². The molecule has 198 valence electrons. The maximum atomic E-state index is 12.5. The molecular weight excluding hydrogens is 514 g/mol. The molecule has 9 heteroatoms. The molecule has 1 heterocycles. The lowest BCUT2D eigenvalue weighted by Crippen LogP contribution is -2.16. The van der Waals surface area contributed by atoms with Gasteiger partial charge in [0.1, 0.15) is 29.7 Å². The van der Waals surface area contributed by atoms with Crippen molar-refractivity contribution in [2.24, 2.45) is 5.10 Å². The molecule has 0 bridgehead atoms. The fourth-order valence-corrected chi connectivity index (χ4v) is 4.17. The quantitative estimate of drug-likeness (QED) is 0.186. The summed E-state index contributed by atoms with van der Waals surface area (Å²) in [6, 6.07) is 20.5. The summed E-state index contributed by atoms with van der Waals surface area (Å²) in [4.78, 5) is 19.4. The lowest BCUT2D eigenvalue weighted by molar-refractivity contribution is 0.292. The Bertz CT molecular complexity index is 1610. The molecule has 2 N–H and O–H groups in total. The van der Waals surface area contributed by atoms with E-state index >= 15 is 0 Å². The Morgan fingerprint density at radius 1 is 1.15 bits per heavy atom. The molecule has 0 saturated carbocycles. The molecule has 0 aliphatic heterocycles.